The Bertz CT molecular complexity index is 788. The maximum atomic E-state index is 12.1. The summed E-state index contributed by atoms with van der Waals surface area (Å²) < 4.78 is 11.2. The molecule has 3 N–H and O–H groups in total. The summed E-state index contributed by atoms with van der Waals surface area (Å²) in [5.74, 6) is 1.66. The molecule has 0 atom stereocenters. The van der Waals surface area contributed by atoms with Crippen LogP contribution in [0.4, 0.5) is 5.95 Å². The van der Waals surface area contributed by atoms with E-state index in [1.54, 1.807) is 7.11 Å². The van der Waals surface area contributed by atoms with Gasteiger partial charge in [-0.15, -0.1) is 0 Å². The first-order valence-corrected chi connectivity index (χ1v) is 8.01. The maximum Gasteiger partial charge on any atom is 0.257 e. The van der Waals surface area contributed by atoms with Gasteiger partial charge in [-0.3, -0.25) is 14.7 Å². The van der Waals surface area contributed by atoms with E-state index < -0.39 is 0 Å². The van der Waals surface area contributed by atoms with Gasteiger partial charge in [0.25, 0.3) is 5.56 Å². The first-order chi connectivity index (χ1) is 11.6. The number of nitrogens with zero attached hydrogens (tertiary/aromatic N) is 2. The summed E-state index contributed by atoms with van der Waals surface area (Å²) >= 11 is 0. The average molecular weight is 330 g/mol. The summed E-state index contributed by atoms with van der Waals surface area (Å²) in [5.41, 5.74) is 7.99. The molecule has 128 valence electrons. The number of hydrogen-bond donors (Lipinski definition) is 2. The van der Waals surface area contributed by atoms with E-state index in [1.807, 2.05) is 25.1 Å². The Morgan fingerprint density at radius 3 is 3.00 bits per heavy atom. The van der Waals surface area contributed by atoms with Gasteiger partial charge in [0.15, 0.2) is 11.5 Å². The van der Waals surface area contributed by atoms with Gasteiger partial charge in [0.05, 0.1) is 25.0 Å². The maximum absolute atomic E-state index is 12.1. The second kappa shape index (κ2) is 6.92. The van der Waals surface area contributed by atoms with Crippen LogP contribution in [0.15, 0.2) is 23.0 Å². The van der Waals surface area contributed by atoms with E-state index in [0.29, 0.717) is 31.7 Å². The number of hydrogen-bond acceptors (Lipinski definition) is 6. The standard InChI is InChI=1S/C17H22N4O3/c1-3-24-15-11(5-4-6-14(15)23-2)9-21-8-7-13-12(10-21)16(22)20-17(18)19-13/h4-6H,3,7-10H2,1-2H3,(H3,18,19,20,22). The number of ether oxygens (including phenoxy) is 2. The molecule has 2 heterocycles. The van der Waals surface area contributed by atoms with Crippen molar-refractivity contribution in [2.45, 2.75) is 26.4 Å². The molecule has 7 heteroatoms. The molecule has 1 aliphatic heterocycles. The van der Waals surface area contributed by atoms with Gasteiger partial charge in [-0.05, 0) is 13.0 Å². The number of benzene rings is 1. The molecule has 0 amide bonds. The van der Waals surface area contributed by atoms with Crippen molar-refractivity contribution < 1.29 is 9.47 Å². The lowest BCUT2D eigenvalue weighted by Gasteiger charge is -2.28. The van der Waals surface area contributed by atoms with Crippen molar-refractivity contribution in [1.82, 2.24) is 14.9 Å². The molecule has 1 aromatic heterocycles. The van der Waals surface area contributed by atoms with Gasteiger partial charge in [0.1, 0.15) is 0 Å². The molecule has 0 saturated carbocycles. The van der Waals surface area contributed by atoms with E-state index in [9.17, 15) is 4.79 Å². The Balaban J connectivity index is 1.84. The van der Waals surface area contributed by atoms with Crippen LogP contribution in [0.5, 0.6) is 11.5 Å². The summed E-state index contributed by atoms with van der Waals surface area (Å²) in [4.78, 5) is 21.1. The van der Waals surface area contributed by atoms with Crippen LogP contribution >= 0.6 is 0 Å². The van der Waals surface area contributed by atoms with Gasteiger partial charge in [0, 0.05) is 31.6 Å². The number of aromatic amines is 1. The third-order valence-electron chi connectivity index (χ3n) is 4.13. The summed E-state index contributed by atoms with van der Waals surface area (Å²) in [7, 11) is 1.63. The summed E-state index contributed by atoms with van der Waals surface area (Å²) in [6.45, 7) is 4.55. The Labute approximate surface area is 140 Å². The molecule has 0 spiro atoms. The highest BCUT2D eigenvalue weighted by Crippen LogP contribution is 2.32. The number of nitrogens with one attached hydrogen (secondary N) is 1. The van der Waals surface area contributed by atoms with Crippen molar-refractivity contribution in [3.05, 3.63) is 45.4 Å². The smallest absolute Gasteiger partial charge is 0.257 e. The first-order valence-electron chi connectivity index (χ1n) is 8.01. The second-order valence-electron chi connectivity index (χ2n) is 5.72. The highest BCUT2D eigenvalue weighted by atomic mass is 16.5. The third kappa shape index (κ3) is 3.21. The lowest BCUT2D eigenvalue weighted by molar-refractivity contribution is 0.233. The van der Waals surface area contributed by atoms with Crippen molar-refractivity contribution in [3.8, 4) is 11.5 Å². The quantitative estimate of drug-likeness (QED) is 0.859. The van der Waals surface area contributed by atoms with Crippen molar-refractivity contribution in [2.24, 2.45) is 0 Å². The van der Waals surface area contributed by atoms with Crippen LogP contribution in [0.2, 0.25) is 0 Å². The number of nitrogens with two attached hydrogens (primary N) is 1. The van der Waals surface area contributed by atoms with Crippen LogP contribution in [0.1, 0.15) is 23.7 Å². The van der Waals surface area contributed by atoms with Crippen LogP contribution in [-0.4, -0.2) is 35.1 Å². The zero-order chi connectivity index (χ0) is 17.1. The van der Waals surface area contributed by atoms with Crippen LogP contribution in [0, 0.1) is 0 Å². The number of anilines is 1. The molecule has 7 nitrogen and oxygen atoms in total. The fourth-order valence-electron chi connectivity index (χ4n) is 3.03. The van der Waals surface area contributed by atoms with Crippen LogP contribution in [-0.2, 0) is 19.5 Å². The first kappa shape index (κ1) is 16.3. The number of rotatable bonds is 5. The minimum absolute atomic E-state index is 0.155. The highest BCUT2D eigenvalue weighted by Gasteiger charge is 2.22. The minimum Gasteiger partial charge on any atom is -0.493 e. The second-order valence-corrected chi connectivity index (χ2v) is 5.72. The Hall–Kier alpha value is -2.54. The van der Waals surface area contributed by atoms with E-state index in [4.69, 9.17) is 15.2 Å². The Kier molecular flexibility index (Phi) is 4.71. The summed E-state index contributed by atoms with van der Waals surface area (Å²) in [5, 5.41) is 0. The number of nitrogen functional groups attached to an aromatic ring is 1. The molecule has 2 aromatic rings. The number of para-hydroxylation sites is 1. The fourth-order valence-corrected chi connectivity index (χ4v) is 3.03. The molecule has 0 saturated heterocycles. The fraction of sp³-hybridized carbons (Fsp3) is 0.412. The lowest BCUT2D eigenvalue weighted by atomic mass is 10.1. The van der Waals surface area contributed by atoms with Gasteiger partial charge < -0.3 is 15.2 Å². The van der Waals surface area contributed by atoms with Crippen LogP contribution < -0.4 is 20.8 Å². The third-order valence-corrected chi connectivity index (χ3v) is 4.13. The molecule has 3 rings (SSSR count). The van der Waals surface area contributed by atoms with Crippen LogP contribution in [0.3, 0.4) is 0 Å². The summed E-state index contributed by atoms with van der Waals surface area (Å²) in [6, 6.07) is 5.86. The van der Waals surface area contributed by atoms with Crippen molar-refractivity contribution in [2.75, 3.05) is 26.0 Å². The predicted octanol–water partition coefficient (Wildman–Crippen LogP) is 1.32. The molecule has 0 unspecified atom stereocenters. The van der Waals surface area contributed by atoms with Gasteiger partial charge in [-0.25, -0.2) is 4.98 Å². The Morgan fingerprint density at radius 1 is 1.42 bits per heavy atom. The van der Waals surface area contributed by atoms with Crippen molar-refractivity contribution in [1.29, 1.82) is 0 Å². The van der Waals surface area contributed by atoms with Crippen LogP contribution in [0.25, 0.3) is 0 Å². The lowest BCUT2D eigenvalue weighted by Crippen LogP contribution is -2.35. The molecular formula is C17H22N4O3. The zero-order valence-electron chi connectivity index (χ0n) is 14.0. The SMILES string of the molecule is CCOc1c(CN2CCc3nc(N)[nH]c(=O)c3C2)cccc1OC. The number of aromatic nitrogens is 2. The number of H-pyrrole nitrogens is 1. The van der Waals surface area contributed by atoms with E-state index >= 15 is 0 Å². The minimum atomic E-state index is -0.155. The van der Waals surface area contributed by atoms with Gasteiger partial charge in [0.2, 0.25) is 5.95 Å². The molecule has 0 bridgehead atoms. The highest BCUT2D eigenvalue weighted by molar-refractivity contribution is 5.46. The predicted molar refractivity (Wildman–Crippen MR) is 91.3 cm³/mol. The van der Waals surface area contributed by atoms with E-state index in [1.165, 1.54) is 0 Å². The Morgan fingerprint density at radius 2 is 2.25 bits per heavy atom. The van der Waals surface area contributed by atoms with E-state index in [0.717, 1.165) is 29.3 Å². The molecular weight excluding hydrogens is 308 g/mol. The van der Waals surface area contributed by atoms with E-state index in [2.05, 4.69) is 14.9 Å². The molecule has 0 radical (unpaired) electrons. The van der Waals surface area contributed by atoms with E-state index in [-0.39, 0.29) is 11.5 Å². The monoisotopic (exact) mass is 330 g/mol. The zero-order valence-corrected chi connectivity index (χ0v) is 14.0. The summed E-state index contributed by atoms with van der Waals surface area (Å²) in [6.07, 6.45) is 0.706. The molecule has 24 heavy (non-hydrogen) atoms. The van der Waals surface area contributed by atoms with Gasteiger partial charge >= 0.3 is 0 Å². The number of methoxy groups -OCH3 is 1. The molecule has 0 aliphatic carbocycles. The molecule has 0 fully saturated rings. The van der Waals surface area contributed by atoms with Gasteiger partial charge in [-0.2, -0.15) is 0 Å². The average Bonchev–Trinajstić information content (AvgIpc) is 2.57. The molecule has 1 aliphatic rings. The van der Waals surface area contributed by atoms with Crippen molar-refractivity contribution in [3.63, 3.8) is 0 Å². The van der Waals surface area contributed by atoms with Gasteiger partial charge in [-0.1, -0.05) is 12.1 Å². The topological polar surface area (TPSA) is 93.5 Å². The number of fused-ring (bicyclic) bond motifs is 1. The molecule has 1 aromatic carbocycles. The normalized spacial score (nSPS) is 14.2. The largest absolute Gasteiger partial charge is 0.493 e. The van der Waals surface area contributed by atoms with Crippen molar-refractivity contribution >= 4 is 5.95 Å².